The van der Waals surface area contributed by atoms with Gasteiger partial charge in [0.2, 0.25) is 5.91 Å². The molecule has 4 aliphatic carbocycles. The zero-order chi connectivity index (χ0) is 30.3. The van der Waals surface area contributed by atoms with Crippen molar-refractivity contribution in [3.8, 4) is 0 Å². The molecule has 0 heterocycles. The summed E-state index contributed by atoms with van der Waals surface area (Å²) >= 11 is 1.31. The summed E-state index contributed by atoms with van der Waals surface area (Å²) < 4.78 is 6.32. The van der Waals surface area contributed by atoms with Crippen LogP contribution in [0.4, 0.5) is 0 Å². The minimum atomic E-state index is -0.997. The molecule has 0 saturated heterocycles. The van der Waals surface area contributed by atoms with Crippen LogP contribution in [0.5, 0.6) is 0 Å². The van der Waals surface area contributed by atoms with Crippen molar-refractivity contribution in [2.75, 3.05) is 12.4 Å². The lowest BCUT2D eigenvalue weighted by atomic mass is 9.44. The molecular formula is C31H50N2O7S. The van der Waals surface area contributed by atoms with Crippen molar-refractivity contribution >= 4 is 29.4 Å². The lowest BCUT2D eigenvalue weighted by molar-refractivity contribution is -0.205. The van der Waals surface area contributed by atoms with Gasteiger partial charge in [0.1, 0.15) is 17.9 Å². The largest absolute Gasteiger partial charge is 0.461 e. The summed E-state index contributed by atoms with van der Waals surface area (Å²) in [5, 5.41) is 34.0. The molecule has 232 valence electrons. The molecular weight excluding hydrogens is 544 g/mol. The van der Waals surface area contributed by atoms with E-state index in [1.165, 1.54) is 11.8 Å². The molecule has 4 fully saturated rings. The maximum atomic E-state index is 13.6. The third-order valence-electron chi connectivity index (χ3n) is 11.6. The number of rotatable bonds is 8. The van der Waals surface area contributed by atoms with Crippen molar-refractivity contribution < 1.29 is 34.4 Å². The minimum Gasteiger partial charge on any atom is -0.461 e. The standard InChI is InChI=1S/C31H50N2O7S/c1-6-29(4)14-24(30(5)17(2)9-11-31(18(3)27(29)38)12-10-22(36)26(30)31)40-25(37)16-41-23-13-19(7-8-21(23)35)33-28(39)20(32)15-34/h6,17-21,23-24,26-27,34-35,38H,1,7-16,32H2,2-5H3,(H,33,39)/t17?,18-,19+,20+,21+,23-,24+,26-,27-,29+,30-,31?/m0/s1. The molecule has 4 aliphatic rings. The summed E-state index contributed by atoms with van der Waals surface area (Å²) in [7, 11) is 0. The van der Waals surface area contributed by atoms with E-state index in [9.17, 15) is 24.6 Å². The molecule has 4 saturated carbocycles. The van der Waals surface area contributed by atoms with Gasteiger partial charge in [-0.2, -0.15) is 0 Å². The van der Waals surface area contributed by atoms with Gasteiger partial charge in [0.25, 0.3) is 0 Å². The Balaban J connectivity index is 1.52. The van der Waals surface area contributed by atoms with Gasteiger partial charge in [-0.15, -0.1) is 18.3 Å². The van der Waals surface area contributed by atoms with Gasteiger partial charge in [-0.1, -0.05) is 33.8 Å². The number of hydrogen-bond donors (Lipinski definition) is 5. The molecule has 1 amide bonds. The Morgan fingerprint density at radius 1 is 1.22 bits per heavy atom. The number of Topliss-reactive ketones (excluding diaryl/α,β-unsaturated/α-hetero) is 1. The topological polar surface area (TPSA) is 159 Å². The van der Waals surface area contributed by atoms with Crippen molar-refractivity contribution in [2.45, 2.75) is 115 Å². The van der Waals surface area contributed by atoms with Crippen molar-refractivity contribution in [1.29, 1.82) is 0 Å². The number of nitrogens with two attached hydrogens (primary N) is 1. The van der Waals surface area contributed by atoms with E-state index >= 15 is 0 Å². The fraction of sp³-hybridized carbons (Fsp3) is 0.839. The van der Waals surface area contributed by atoms with E-state index in [1.807, 2.05) is 6.92 Å². The van der Waals surface area contributed by atoms with Crippen molar-refractivity contribution in [3.63, 3.8) is 0 Å². The first-order valence-corrected chi connectivity index (χ1v) is 16.3. The van der Waals surface area contributed by atoms with Gasteiger partial charge in [0, 0.05) is 34.5 Å². The molecule has 41 heavy (non-hydrogen) atoms. The van der Waals surface area contributed by atoms with Crippen LogP contribution >= 0.6 is 11.8 Å². The number of carbonyl (C=O) groups is 3. The smallest absolute Gasteiger partial charge is 0.316 e. The second-order valence-electron chi connectivity index (χ2n) is 13.8. The summed E-state index contributed by atoms with van der Waals surface area (Å²) in [6.45, 7) is 12.0. The van der Waals surface area contributed by atoms with E-state index in [1.54, 1.807) is 6.08 Å². The second kappa shape index (κ2) is 12.3. The van der Waals surface area contributed by atoms with E-state index < -0.39 is 53.7 Å². The maximum Gasteiger partial charge on any atom is 0.316 e. The number of ether oxygens (including phenoxy) is 1. The predicted molar refractivity (Wildman–Crippen MR) is 158 cm³/mol. The van der Waals surface area contributed by atoms with Crippen LogP contribution in [0.3, 0.4) is 0 Å². The first-order valence-electron chi connectivity index (χ1n) is 15.2. The van der Waals surface area contributed by atoms with Crippen LogP contribution in [0.2, 0.25) is 0 Å². The Hall–Kier alpha value is -1.46. The van der Waals surface area contributed by atoms with Gasteiger partial charge < -0.3 is 31.1 Å². The van der Waals surface area contributed by atoms with Gasteiger partial charge in [0.05, 0.1) is 24.6 Å². The molecule has 0 spiro atoms. The number of carbonyl (C=O) groups excluding carboxylic acids is 3. The lowest BCUT2D eigenvalue weighted by Crippen LogP contribution is -2.63. The first kappa shape index (κ1) is 32.5. The number of amides is 1. The molecule has 0 aromatic heterocycles. The Morgan fingerprint density at radius 2 is 1.93 bits per heavy atom. The fourth-order valence-electron chi connectivity index (χ4n) is 8.68. The highest BCUT2D eigenvalue weighted by molar-refractivity contribution is 8.00. The van der Waals surface area contributed by atoms with Gasteiger partial charge in [0.15, 0.2) is 0 Å². The highest BCUT2D eigenvalue weighted by Crippen LogP contribution is 2.68. The molecule has 4 rings (SSSR count). The average Bonchev–Trinajstić information content (AvgIpc) is 3.31. The molecule has 12 atom stereocenters. The predicted octanol–water partition coefficient (Wildman–Crippen LogP) is 2.34. The molecule has 2 unspecified atom stereocenters. The molecule has 9 nitrogen and oxygen atoms in total. The first-order chi connectivity index (χ1) is 19.2. The Labute approximate surface area is 248 Å². The van der Waals surface area contributed by atoms with Crippen LogP contribution in [0.1, 0.15) is 79.1 Å². The molecule has 6 N–H and O–H groups in total. The number of thioether (sulfide) groups is 1. The second-order valence-corrected chi connectivity index (χ2v) is 15.0. The Kier molecular flexibility index (Phi) is 9.71. The number of esters is 1. The zero-order valence-corrected chi connectivity index (χ0v) is 25.8. The van der Waals surface area contributed by atoms with Crippen LogP contribution in [-0.4, -0.2) is 81.0 Å². The van der Waals surface area contributed by atoms with E-state index in [0.29, 0.717) is 32.1 Å². The third-order valence-corrected chi connectivity index (χ3v) is 13.0. The molecule has 10 heteroatoms. The Morgan fingerprint density at radius 3 is 2.59 bits per heavy atom. The van der Waals surface area contributed by atoms with Crippen LogP contribution in [0, 0.1) is 34.0 Å². The number of aliphatic hydroxyl groups excluding tert-OH is 3. The summed E-state index contributed by atoms with van der Waals surface area (Å²) in [5.41, 5.74) is 4.03. The molecule has 0 aromatic rings. The third kappa shape index (κ3) is 5.76. The van der Waals surface area contributed by atoms with E-state index in [2.05, 4.69) is 32.7 Å². The Bertz CT molecular complexity index is 1030. The average molecular weight is 595 g/mol. The number of ketones is 1. The van der Waals surface area contributed by atoms with E-state index in [-0.39, 0.29) is 46.0 Å². The van der Waals surface area contributed by atoms with Crippen LogP contribution < -0.4 is 11.1 Å². The van der Waals surface area contributed by atoms with Gasteiger partial charge in [-0.05, 0) is 62.2 Å². The van der Waals surface area contributed by atoms with Gasteiger partial charge in [-0.25, -0.2) is 0 Å². The summed E-state index contributed by atoms with van der Waals surface area (Å²) in [5.74, 6) is -0.824. The molecule has 0 aliphatic heterocycles. The van der Waals surface area contributed by atoms with E-state index in [4.69, 9.17) is 15.6 Å². The maximum absolute atomic E-state index is 13.6. The van der Waals surface area contributed by atoms with E-state index in [0.717, 1.165) is 19.3 Å². The normalized spacial score (nSPS) is 45.1. The molecule has 0 radical (unpaired) electrons. The van der Waals surface area contributed by atoms with Crippen LogP contribution in [0.25, 0.3) is 0 Å². The monoisotopic (exact) mass is 594 g/mol. The van der Waals surface area contributed by atoms with Crippen molar-refractivity contribution in [2.24, 2.45) is 39.7 Å². The number of nitrogens with one attached hydrogen (secondary N) is 1. The fourth-order valence-corrected chi connectivity index (χ4v) is 9.83. The van der Waals surface area contributed by atoms with Gasteiger partial charge >= 0.3 is 5.97 Å². The van der Waals surface area contributed by atoms with Crippen LogP contribution in [0.15, 0.2) is 12.7 Å². The van der Waals surface area contributed by atoms with Gasteiger partial charge in [-0.3, -0.25) is 14.4 Å². The highest BCUT2D eigenvalue weighted by atomic mass is 32.2. The number of aliphatic hydroxyl groups is 3. The molecule has 0 aromatic carbocycles. The number of hydrogen-bond acceptors (Lipinski definition) is 9. The van der Waals surface area contributed by atoms with Crippen molar-refractivity contribution in [1.82, 2.24) is 5.32 Å². The highest BCUT2D eigenvalue weighted by Gasteiger charge is 2.68. The minimum absolute atomic E-state index is 0.0209. The SMILES string of the molecule is C=C[C@]1(C)C[C@@H](OC(=O)CS[C@H]2C[C@H](NC(=O)[C@H](N)CO)CC[C@H]2O)[C@]2(C)C(C)CCC3(CCC(=O)[C@H]32)[C@@H](C)[C@@H]1O. The zero-order valence-electron chi connectivity index (χ0n) is 25.0. The summed E-state index contributed by atoms with van der Waals surface area (Å²) in [6, 6.07) is -1.20. The van der Waals surface area contributed by atoms with Crippen LogP contribution in [-0.2, 0) is 19.1 Å². The quantitative estimate of drug-likeness (QED) is 0.210. The van der Waals surface area contributed by atoms with Crippen molar-refractivity contribution in [3.05, 3.63) is 12.7 Å². The lowest BCUT2D eigenvalue weighted by Gasteiger charge is -2.61. The molecule has 2 bridgehead atoms. The summed E-state index contributed by atoms with van der Waals surface area (Å²) in [4.78, 5) is 39.2. The summed E-state index contributed by atoms with van der Waals surface area (Å²) in [6.07, 6.45) is 4.81.